The molecule has 164 valence electrons. The molecule has 2 aromatic rings. The Morgan fingerprint density at radius 2 is 1.32 bits per heavy atom. The summed E-state index contributed by atoms with van der Waals surface area (Å²) in [5.74, 6) is 1.08. The summed E-state index contributed by atoms with van der Waals surface area (Å²) < 4.78 is 16.2. The lowest BCUT2D eigenvalue weighted by molar-refractivity contribution is -0.138. The highest BCUT2D eigenvalue weighted by atomic mass is 16.6. The van der Waals surface area contributed by atoms with Gasteiger partial charge < -0.3 is 14.2 Å². The van der Waals surface area contributed by atoms with Crippen LogP contribution < -0.4 is 9.47 Å². The topological polar surface area (TPSA) is 61.8 Å². The summed E-state index contributed by atoms with van der Waals surface area (Å²) in [6.45, 7) is 12.1. The minimum absolute atomic E-state index is 0.0354. The van der Waals surface area contributed by atoms with Crippen molar-refractivity contribution in [2.45, 2.75) is 32.1 Å². The summed E-state index contributed by atoms with van der Waals surface area (Å²) in [5.41, 5.74) is 2.11. The zero-order valence-corrected chi connectivity index (χ0v) is 18.3. The zero-order chi connectivity index (χ0) is 22.7. The third kappa shape index (κ3) is 7.45. The maximum atomic E-state index is 11.2. The number of esters is 1. The smallest absolute Gasteiger partial charge is 0.330 e. The van der Waals surface area contributed by atoms with E-state index in [2.05, 4.69) is 39.1 Å². The maximum Gasteiger partial charge on any atom is 0.330 e. The van der Waals surface area contributed by atoms with Crippen molar-refractivity contribution in [2.75, 3.05) is 19.8 Å². The van der Waals surface area contributed by atoms with Crippen LogP contribution in [0.5, 0.6) is 11.5 Å². The van der Waals surface area contributed by atoms with Crippen molar-refractivity contribution in [1.82, 2.24) is 0 Å². The van der Waals surface area contributed by atoms with E-state index in [4.69, 9.17) is 14.2 Å². The van der Waals surface area contributed by atoms with E-state index in [0.29, 0.717) is 25.2 Å². The SMILES string of the molecule is C=CC(=O)CCCOc1ccc(C(C)(C)c2ccc(OCCOC(=O)C=C)cc2)cc1. The first-order chi connectivity index (χ1) is 14.9. The second-order valence-electron chi connectivity index (χ2n) is 7.52. The van der Waals surface area contributed by atoms with Crippen LogP contribution in [0.3, 0.4) is 0 Å². The molecule has 0 saturated carbocycles. The first-order valence-corrected chi connectivity index (χ1v) is 10.3. The molecule has 0 aliphatic heterocycles. The molecule has 5 heteroatoms. The number of allylic oxidation sites excluding steroid dienone is 1. The Morgan fingerprint density at radius 3 is 1.81 bits per heavy atom. The zero-order valence-electron chi connectivity index (χ0n) is 18.3. The fourth-order valence-corrected chi connectivity index (χ4v) is 3.00. The van der Waals surface area contributed by atoms with Crippen molar-refractivity contribution >= 4 is 11.8 Å². The van der Waals surface area contributed by atoms with Gasteiger partial charge >= 0.3 is 5.97 Å². The summed E-state index contributed by atoms with van der Waals surface area (Å²) in [6.07, 6.45) is 3.59. The molecule has 0 aliphatic rings. The van der Waals surface area contributed by atoms with E-state index in [-0.39, 0.29) is 24.4 Å². The van der Waals surface area contributed by atoms with E-state index >= 15 is 0 Å². The van der Waals surface area contributed by atoms with Gasteiger partial charge in [0.15, 0.2) is 5.78 Å². The van der Waals surface area contributed by atoms with E-state index < -0.39 is 5.97 Å². The molecule has 0 aromatic heterocycles. The summed E-state index contributed by atoms with van der Waals surface area (Å²) in [4.78, 5) is 22.2. The lowest BCUT2D eigenvalue weighted by Crippen LogP contribution is -2.18. The number of hydrogen-bond acceptors (Lipinski definition) is 5. The highest BCUT2D eigenvalue weighted by Gasteiger charge is 2.23. The predicted octanol–water partition coefficient (Wildman–Crippen LogP) is 5.03. The number of carbonyl (C=O) groups excluding carboxylic acids is 2. The van der Waals surface area contributed by atoms with Gasteiger partial charge in [-0.1, -0.05) is 51.3 Å². The molecule has 0 heterocycles. The Bertz CT molecular complexity index is 806. The molecule has 0 amide bonds. The average molecular weight is 423 g/mol. The van der Waals surface area contributed by atoms with Crippen molar-refractivity contribution < 1.29 is 23.8 Å². The highest BCUT2D eigenvalue weighted by Crippen LogP contribution is 2.33. The molecule has 0 radical (unpaired) electrons. The van der Waals surface area contributed by atoms with Gasteiger partial charge in [0.1, 0.15) is 24.7 Å². The number of ketones is 1. The summed E-state index contributed by atoms with van der Waals surface area (Å²) >= 11 is 0. The number of hydrogen-bond donors (Lipinski definition) is 0. The quantitative estimate of drug-likeness (QED) is 0.257. The molecule has 0 unspecified atom stereocenters. The van der Waals surface area contributed by atoms with Crippen LogP contribution in [0.15, 0.2) is 73.8 Å². The number of carbonyl (C=O) groups is 2. The average Bonchev–Trinajstić information content (AvgIpc) is 2.79. The molecule has 31 heavy (non-hydrogen) atoms. The van der Waals surface area contributed by atoms with E-state index in [0.717, 1.165) is 23.0 Å². The van der Waals surface area contributed by atoms with Crippen molar-refractivity contribution in [3.05, 3.63) is 85.0 Å². The van der Waals surface area contributed by atoms with Gasteiger partial charge in [0, 0.05) is 17.9 Å². The van der Waals surface area contributed by atoms with Crippen LogP contribution in [0.2, 0.25) is 0 Å². The highest BCUT2D eigenvalue weighted by molar-refractivity contribution is 5.88. The molecule has 0 saturated heterocycles. The predicted molar refractivity (Wildman–Crippen MR) is 122 cm³/mol. The Hall–Kier alpha value is -3.34. The second-order valence-corrected chi connectivity index (χ2v) is 7.52. The third-order valence-electron chi connectivity index (χ3n) is 4.98. The molecule has 2 rings (SSSR count). The molecule has 0 fully saturated rings. The normalized spacial score (nSPS) is 10.8. The molecule has 0 N–H and O–H groups in total. The molecule has 0 spiro atoms. The van der Waals surface area contributed by atoms with Crippen molar-refractivity contribution in [1.29, 1.82) is 0 Å². The first kappa shape index (κ1) is 23.9. The molecule has 2 aromatic carbocycles. The second kappa shape index (κ2) is 11.7. The lowest BCUT2D eigenvalue weighted by atomic mass is 9.78. The lowest BCUT2D eigenvalue weighted by Gasteiger charge is -2.26. The van der Waals surface area contributed by atoms with Gasteiger partial charge in [-0.3, -0.25) is 4.79 Å². The van der Waals surface area contributed by atoms with Crippen molar-refractivity contribution in [3.8, 4) is 11.5 Å². The van der Waals surface area contributed by atoms with Crippen LogP contribution in [0.25, 0.3) is 0 Å². The van der Waals surface area contributed by atoms with Crippen LogP contribution >= 0.6 is 0 Å². The van der Waals surface area contributed by atoms with Crippen LogP contribution in [0, 0.1) is 0 Å². The van der Waals surface area contributed by atoms with E-state index in [1.165, 1.54) is 6.08 Å². The summed E-state index contributed by atoms with van der Waals surface area (Å²) in [6, 6.07) is 15.9. The van der Waals surface area contributed by atoms with Crippen LogP contribution in [0.1, 0.15) is 37.8 Å². The number of rotatable bonds is 13. The maximum absolute atomic E-state index is 11.2. The number of ether oxygens (including phenoxy) is 3. The Morgan fingerprint density at radius 1 is 0.806 bits per heavy atom. The molecule has 0 atom stereocenters. The van der Waals surface area contributed by atoms with E-state index in [9.17, 15) is 9.59 Å². The first-order valence-electron chi connectivity index (χ1n) is 10.3. The van der Waals surface area contributed by atoms with Gasteiger partial charge in [-0.05, 0) is 47.9 Å². The standard InChI is InChI=1S/C26H30O5/c1-5-22(27)8-7-17-29-23-13-9-20(10-14-23)26(3,4)21-11-15-24(16-12-21)30-18-19-31-25(28)6-2/h5-6,9-16H,1-2,7-8,17-19H2,3-4H3. The Kier molecular flexibility index (Phi) is 9.07. The van der Waals surface area contributed by atoms with Gasteiger partial charge in [0.25, 0.3) is 0 Å². The van der Waals surface area contributed by atoms with Crippen LogP contribution in [-0.2, 0) is 19.7 Å². The molecular weight excluding hydrogens is 392 g/mol. The largest absolute Gasteiger partial charge is 0.494 e. The van der Waals surface area contributed by atoms with Crippen LogP contribution in [0.4, 0.5) is 0 Å². The summed E-state index contributed by atoms with van der Waals surface area (Å²) in [7, 11) is 0. The van der Waals surface area contributed by atoms with Crippen LogP contribution in [-0.4, -0.2) is 31.6 Å². The minimum Gasteiger partial charge on any atom is -0.494 e. The Balaban J connectivity index is 1.90. The fourth-order valence-electron chi connectivity index (χ4n) is 3.00. The number of benzene rings is 2. The third-order valence-corrected chi connectivity index (χ3v) is 4.98. The van der Waals surface area contributed by atoms with Crippen molar-refractivity contribution in [2.24, 2.45) is 0 Å². The van der Waals surface area contributed by atoms with E-state index in [1.807, 2.05) is 36.4 Å². The summed E-state index contributed by atoms with van der Waals surface area (Å²) in [5, 5.41) is 0. The molecule has 0 aliphatic carbocycles. The molecule has 5 nitrogen and oxygen atoms in total. The monoisotopic (exact) mass is 422 g/mol. The Labute approximate surface area is 184 Å². The van der Waals surface area contributed by atoms with E-state index in [1.54, 1.807) is 0 Å². The van der Waals surface area contributed by atoms with Gasteiger partial charge in [0.05, 0.1) is 6.61 Å². The molecular formula is C26H30O5. The van der Waals surface area contributed by atoms with Gasteiger partial charge in [-0.25, -0.2) is 4.79 Å². The van der Waals surface area contributed by atoms with Gasteiger partial charge in [-0.15, -0.1) is 0 Å². The van der Waals surface area contributed by atoms with Gasteiger partial charge in [0.2, 0.25) is 0 Å². The molecule has 0 bridgehead atoms. The van der Waals surface area contributed by atoms with Gasteiger partial charge in [-0.2, -0.15) is 0 Å². The fraction of sp³-hybridized carbons (Fsp3) is 0.308. The minimum atomic E-state index is -0.458. The van der Waals surface area contributed by atoms with Crippen molar-refractivity contribution in [3.63, 3.8) is 0 Å².